The van der Waals surface area contributed by atoms with Crippen molar-refractivity contribution in [3.8, 4) is 0 Å². The van der Waals surface area contributed by atoms with Crippen LogP contribution in [0.2, 0.25) is 0 Å². The molecule has 0 saturated carbocycles. The second kappa shape index (κ2) is 7.45. The molecule has 23 heavy (non-hydrogen) atoms. The molecular formula is C17H26N2O3S. The lowest BCUT2D eigenvalue weighted by Gasteiger charge is -2.33. The van der Waals surface area contributed by atoms with Gasteiger partial charge in [-0.2, -0.15) is 4.31 Å². The largest absolute Gasteiger partial charge is 0.343 e. The van der Waals surface area contributed by atoms with Crippen molar-refractivity contribution in [1.29, 1.82) is 0 Å². The first kappa shape index (κ1) is 17.9. The van der Waals surface area contributed by atoms with Gasteiger partial charge in [0.25, 0.3) is 0 Å². The molecule has 0 radical (unpaired) electrons. The summed E-state index contributed by atoms with van der Waals surface area (Å²) >= 11 is 0. The van der Waals surface area contributed by atoms with Gasteiger partial charge in [0.05, 0.1) is 10.8 Å². The molecule has 1 fully saturated rings. The first-order valence-electron chi connectivity index (χ1n) is 8.25. The number of benzene rings is 1. The Hall–Kier alpha value is -1.40. The van der Waals surface area contributed by atoms with Gasteiger partial charge in [0, 0.05) is 26.2 Å². The maximum Gasteiger partial charge on any atom is 0.243 e. The van der Waals surface area contributed by atoms with Crippen molar-refractivity contribution in [1.82, 2.24) is 9.21 Å². The lowest BCUT2D eigenvalue weighted by molar-refractivity contribution is -0.136. The van der Waals surface area contributed by atoms with Crippen molar-refractivity contribution in [3.05, 3.63) is 29.8 Å². The number of amides is 1. The fourth-order valence-corrected chi connectivity index (χ4v) is 4.54. The van der Waals surface area contributed by atoms with Crippen molar-refractivity contribution in [2.24, 2.45) is 5.92 Å². The Morgan fingerprint density at radius 1 is 1.22 bits per heavy atom. The minimum absolute atomic E-state index is 0.0683. The molecular weight excluding hydrogens is 312 g/mol. The van der Waals surface area contributed by atoms with Crippen molar-refractivity contribution in [2.75, 3.05) is 26.2 Å². The molecule has 2 rings (SSSR count). The normalized spacial score (nSPS) is 19.5. The minimum Gasteiger partial charge on any atom is -0.343 e. The van der Waals surface area contributed by atoms with E-state index in [1.165, 1.54) is 4.31 Å². The van der Waals surface area contributed by atoms with Crippen LogP contribution in [0.3, 0.4) is 0 Å². The molecule has 0 spiro atoms. The summed E-state index contributed by atoms with van der Waals surface area (Å²) in [6, 6.07) is 6.88. The van der Waals surface area contributed by atoms with Crippen LogP contribution in [-0.4, -0.2) is 49.7 Å². The molecule has 1 aromatic rings. The minimum atomic E-state index is -3.52. The number of rotatable bonds is 5. The molecule has 0 aliphatic carbocycles. The summed E-state index contributed by atoms with van der Waals surface area (Å²) in [5, 5.41) is 0. The summed E-state index contributed by atoms with van der Waals surface area (Å²) in [6.07, 6.45) is 1.48. The van der Waals surface area contributed by atoms with Crippen LogP contribution >= 0.6 is 0 Å². The number of aryl methyl sites for hydroxylation is 1. The third-order valence-corrected chi connectivity index (χ3v) is 6.35. The lowest BCUT2D eigenvalue weighted by atomic mass is 9.98. The van der Waals surface area contributed by atoms with Gasteiger partial charge >= 0.3 is 0 Å². The Balaban J connectivity index is 2.17. The smallest absolute Gasteiger partial charge is 0.243 e. The van der Waals surface area contributed by atoms with Gasteiger partial charge in [-0.15, -0.1) is 0 Å². The molecule has 128 valence electrons. The third kappa shape index (κ3) is 3.93. The molecule has 1 unspecified atom stereocenters. The van der Waals surface area contributed by atoms with Crippen LogP contribution in [0.5, 0.6) is 0 Å². The van der Waals surface area contributed by atoms with Crippen LogP contribution in [0.15, 0.2) is 29.2 Å². The van der Waals surface area contributed by atoms with Gasteiger partial charge in [0.1, 0.15) is 0 Å². The highest BCUT2D eigenvalue weighted by Crippen LogP contribution is 2.25. The second-order valence-electron chi connectivity index (χ2n) is 6.03. The number of carbonyl (C=O) groups excluding carboxylic acids is 1. The summed E-state index contributed by atoms with van der Waals surface area (Å²) in [5.41, 5.74) is 1.03. The molecule has 0 bridgehead atoms. The highest BCUT2D eigenvalue weighted by atomic mass is 32.2. The van der Waals surface area contributed by atoms with E-state index < -0.39 is 10.0 Å². The van der Waals surface area contributed by atoms with E-state index in [0.717, 1.165) is 18.4 Å². The quantitative estimate of drug-likeness (QED) is 0.827. The fourth-order valence-electron chi connectivity index (χ4n) is 3.02. The number of nitrogens with zero attached hydrogens (tertiary/aromatic N) is 2. The predicted octanol–water partition coefficient (Wildman–Crippen LogP) is 2.26. The highest BCUT2D eigenvalue weighted by Gasteiger charge is 2.34. The highest BCUT2D eigenvalue weighted by molar-refractivity contribution is 7.89. The number of piperidine rings is 1. The average molecular weight is 338 g/mol. The van der Waals surface area contributed by atoms with Crippen molar-refractivity contribution >= 4 is 15.9 Å². The standard InChI is InChI=1S/C17H26N2O3S/c1-4-18(5-2)17(20)15-7-6-12-19(13-15)23(21,22)16-10-8-14(3)9-11-16/h8-11,15H,4-7,12-13H2,1-3H3. The van der Waals surface area contributed by atoms with Crippen LogP contribution in [0.25, 0.3) is 0 Å². The van der Waals surface area contributed by atoms with Crippen molar-refractivity contribution < 1.29 is 13.2 Å². The Bertz CT molecular complexity index is 636. The molecule has 5 nitrogen and oxygen atoms in total. The maximum absolute atomic E-state index is 12.8. The van der Waals surface area contributed by atoms with Crippen LogP contribution in [0.4, 0.5) is 0 Å². The van der Waals surface area contributed by atoms with Crippen LogP contribution in [0.1, 0.15) is 32.3 Å². The van der Waals surface area contributed by atoms with Gasteiger partial charge in [-0.3, -0.25) is 4.79 Å². The summed E-state index contributed by atoms with van der Waals surface area (Å²) in [4.78, 5) is 14.6. The molecule has 6 heteroatoms. The van der Waals surface area contributed by atoms with E-state index in [1.807, 2.05) is 20.8 Å². The van der Waals surface area contributed by atoms with Gasteiger partial charge < -0.3 is 4.90 Å². The molecule has 1 aromatic carbocycles. The average Bonchev–Trinajstić information content (AvgIpc) is 2.56. The summed E-state index contributed by atoms with van der Waals surface area (Å²) in [6.45, 7) is 7.92. The van der Waals surface area contributed by atoms with Crippen LogP contribution < -0.4 is 0 Å². The second-order valence-corrected chi connectivity index (χ2v) is 7.96. The summed E-state index contributed by atoms with van der Waals surface area (Å²) < 4.78 is 27.0. The SMILES string of the molecule is CCN(CC)C(=O)C1CCCN(S(=O)(=O)c2ccc(C)cc2)C1. The van der Waals surface area contributed by atoms with Gasteiger partial charge in [-0.25, -0.2) is 8.42 Å². The van der Waals surface area contributed by atoms with Crippen molar-refractivity contribution in [2.45, 2.75) is 38.5 Å². The lowest BCUT2D eigenvalue weighted by Crippen LogP contribution is -2.46. The van der Waals surface area contributed by atoms with Gasteiger partial charge in [0.2, 0.25) is 15.9 Å². The molecule has 1 aliphatic rings. The van der Waals surface area contributed by atoms with E-state index >= 15 is 0 Å². The molecule has 1 amide bonds. The third-order valence-electron chi connectivity index (χ3n) is 4.47. The molecule has 1 heterocycles. The molecule has 1 saturated heterocycles. The number of hydrogen-bond donors (Lipinski definition) is 0. The monoisotopic (exact) mass is 338 g/mol. The molecule has 0 aromatic heterocycles. The topological polar surface area (TPSA) is 57.7 Å². The Kier molecular flexibility index (Phi) is 5.81. The molecule has 1 atom stereocenters. The van der Waals surface area contributed by atoms with Gasteiger partial charge in [-0.1, -0.05) is 17.7 Å². The fraction of sp³-hybridized carbons (Fsp3) is 0.588. The van der Waals surface area contributed by atoms with Crippen molar-refractivity contribution in [3.63, 3.8) is 0 Å². The molecule has 1 aliphatic heterocycles. The van der Waals surface area contributed by atoms with E-state index in [9.17, 15) is 13.2 Å². The van der Waals surface area contributed by atoms with Gasteiger partial charge in [0.15, 0.2) is 0 Å². The summed E-state index contributed by atoms with van der Waals surface area (Å²) in [5.74, 6) is -0.164. The number of sulfonamides is 1. The van der Waals surface area contributed by atoms with E-state index in [0.29, 0.717) is 24.5 Å². The zero-order valence-electron chi connectivity index (χ0n) is 14.2. The first-order chi connectivity index (χ1) is 10.9. The van der Waals surface area contributed by atoms with E-state index in [1.54, 1.807) is 29.2 Å². The summed E-state index contributed by atoms with van der Waals surface area (Å²) in [7, 11) is -3.52. The zero-order valence-corrected chi connectivity index (χ0v) is 15.0. The van der Waals surface area contributed by atoms with Crippen LogP contribution in [0, 0.1) is 12.8 Å². The maximum atomic E-state index is 12.8. The van der Waals surface area contributed by atoms with Gasteiger partial charge in [-0.05, 0) is 45.7 Å². The van der Waals surface area contributed by atoms with E-state index in [2.05, 4.69) is 0 Å². The van der Waals surface area contributed by atoms with E-state index in [4.69, 9.17) is 0 Å². The molecule has 0 N–H and O–H groups in total. The predicted molar refractivity (Wildman–Crippen MR) is 90.6 cm³/mol. The zero-order chi connectivity index (χ0) is 17.0. The Morgan fingerprint density at radius 3 is 2.39 bits per heavy atom. The Morgan fingerprint density at radius 2 is 1.83 bits per heavy atom. The number of hydrogen-bond acceptors (Lipinski definition) is 3. The Labute approximate surface area is 139 Å². The van der Waals surface area contributed by atoms with E-state index in [-0.39, 0.29) is 18.4 Å². The van der Waals surface area contributed by atoms with Crippen LogP contribution in [-0.2, 0) is 14.8 Å². The first-order valence-corrected chi connectivity index (χ1v) is 9.69. The number of carbonyl (C=O) groups is 1.